The molecule has 0 fully saturated rings. The van der Waals surface area contributed by atoms with Gasteiger partial charge in [0.25, 0.3) is 0 Å². The van der Waals surface area contributed by atoms with Gasteiger partial charge in [0.15, 0.2) is 0 Å². The number of thiazole rings is 1. The van der Waals surface area contributed by atoms with Crippen LogP contribution in [-0.4, -0.2) is 22.1 Å². The smallest absolute Gasteiger partial charge is 0.126 e. The van der Waals surface area contributed by atoms with Gasteiger partial charge in [-0.1, -0.05) is 6.07 Å². The predicted molar refractivity (Wildman–Crippen MR) is 101 cm³/mol. The third-order valence-corrected chi connectivity index (χ3v) is 4.87. The topological polar surface area (TPSA) is 59.9 Å². The van der Waals surface area contributed by atoms with Crippen molar-refractivity contribution < 1.29 is 4.74 Å². The van der Waals surface area contributed by atoms with Crippen LogP contribution < -0.4 is 10.1 Å². The highest BCUT2D eigenvalue weighted by molar-refractivity contribution is 7.21. The molecule has 0 aliphatic carbocycles. The lowest BCUT2D eigenvalue weighted by Gasteiger charge is -2.05. The molecule has 4 rings (SSSR count). The first-order valence-corrected chi connectivity index (χ1v) is 8.67. The van der Waals surface area contributed by atoms with Crippen molar-refractivity contribution in [2.24, 2.45) is 0 Å². The van der Waals surface area contributed by atoms with Crippen molar-refractivity contribution in [2.75, 3.05) is 12.4 Å². The number of anilines is 1. The number of nitrogens with one attached hydrogen (secondary N) is 1. The Morgan fingerprint density at radius 1 is 1.12 bits per heavy atom. The SMILES string of the molecule is COc1ccc2nc(-c3ccc(NCc4cccnc4)nc3)sc2c1. The molecule has 0 saturated heterocycles. The maximum absolute atomic E-state index is 5.27. The van der Waals surface area contributed by atoms with Crippen LogP contribution in [0.15, 0.2) is 61.1 Å². The molecular weight excluding hydrogens is 332 g/mol. The van der Waals surface area contributed by atoms with E-state index >= 15 is 0 Å². The Morgan fingerprint density at radius 3 is 2.84 bits per heavy atom. The Kier molecular flexibility index (Phi) is 4.26. The van der Waals surface area contributed by atoms with Gasteiger partial charge >= 0.3 is 0 Å². The summed E-state index contributed by atoms with van der Waals surface area (Å²) in [4.78, 5) is 13.3. The van der Waals surface area contributed by atoms with Crippen LogP contribution in [0.25, 0.3) is 20.8 Å². The fourth-order valence-corrected chi connectivity index (χ4v) is 3.46. The minimum absolute atomic E-state index is 0.696. The first-order valence-electron chi connectivity index (χ1n) is 7.85. The first-order chi connectivity index (χ1) is 12.3. The third-order valence-electron chi connectivity index (χ3n) is 3.80. The van der Waals surface area contributed by atoms with E-state index in [0.29, 0.717) is 6.54 Å². The quantitative estimate of drug-likeness (QED) is 0.580. The fourth-order valence-electron chi connectivity index (χ4n) is 2.48. The zero-order valence-electron chi connectivity index (χ0n) is 13.6. The highest BCUT2D eigenvalue weighted by Gasteiger charge is 2.08. The summed E-state index contributed by atoms with van der Waals surface area (Å²) < 4.78 is 6.37. The Bertz CT molecular complexity index is 983. The van der Waals surface area contributed by atoms with Crippen LogP contribution in [0.4, 0.5) is 5.82 Å². The van der Waals surface area contributed by atoms with Gasteiger partial charge < -0.3 is 10.1 Å². The molecular formula is C19H16N4OS. The molecule has 0 bridgehead atoms. The predicted octanol–water partition coefficient (Wildman–Crippen LogP) is 4.37. The van der Waals surface area contributed by atoms with Crippen LogP contribution in [-0.2, 0) is 6.54 Å². The van der Waals surface area contributed by atoms with E-state index in [1.54, 1.807) is 24.6 Å². The van der Waals surface area contributed by atoms with Gasteiger partial charge in [0.05, 0.1) is 17.3 Å². The molecule has 124 valence electrons. The molecule has 0 spiro atoms. The number of hydrogen-bond acceptors (Lipinski definition) is 6. The van der Waals surface area contributed by atoms with Crippen LogP contribution in [0.3, 0.4) is 0 Å². The number of hydrogen-bond donors (Lipinski definition) is 1. The van der Waals surface area contributed by atoms with E-state index in [-0.39, 0.29) is 0 Å². The molecule has 3 heterocycles. The summed E-state index contributed by atoms with van der Waals surface area (Å²) in [7, 11) is 1.67. The standard InChI is InChI=1S/C19H16N4OS/c1-24-15-5-6-16-17(9-15)25-19(23-16)14-4-7-18(22-12-14)21-11-13-3-2-8-20-10-13/h2-10,12H,11H2,1H3,(H,21,22). The molecule has 0 aliphatic heterocycles. The highest BCUT2D eigenvalue weighted by atomic mass is 32.1. The molecule has 5 nitrogen and oxygen atoms in total. The second kappa shape index (κ2) is 6.86. The molecule has 0 aliphatic rings. The third kappa shape index (κ3) is 3.44. The van der Waals surface area contributed by atoms with Gasteiger partial charge in [0.2, 0.25) is 0 Å². The zero-order chi connectivity index (χ0) is 17.1. The van der Waals surface area contributed by atoms with E-state index in [4.69, 9.17) is 4.74 Å². The van der Waals surface area contributed by atoms with Gasteiger partial charge in [-0.2, -0.15) is 0 Å². The Hall–Kier alpha value is -2.99. The number of rotatable bonds is 5. The average Bonchev–Trinajstić information content (AvgIpc) is 3.10. The van der Waals surface area contributed by atoms with E-state index in [1.165, 1.54) is 0 Å². The van der Waals surface area contributed by atoms with E-state index in [2.05, 4.69) is 20.3 Å². The highest BCUT2D eigenvalue weighted by Crippen LogP contribution is 2.32. The summed E-state index contributed by atoms with van der Waals surface area (Å²) in [5.74, 6) is 1.67. The maximum Gasteiger partial charge on any atom is 0.126 e. The Balaban J connectivity index is 1.51. The van der Waals surface area contributed by atoms with Crippen LogP contribution in [0.2, 0.25) is 0 Å². The number of methoxy groups -OCH3 is 1. The van der Waals surface area contributed by atoms with E-state index in [0.717, 1.165) is 37.9 Å². The second-order valence-electron chi connectivity index (χ2n) is 5.50. The van der Waals surface area contributed by atoms with Gasteiger partial charge in [-0.05, 0) is 42.0 Å². The van der Waals surface area contributed by atoms with Crippen LogP contribution in [0.1, 0.15) is 5.56 Å². The van der Waals surface area contributed by atoms with Gasteiger partial charge in [-0.15, -0.1) is 11.3 Å². The summed E-state index contributed by atoms with van der Waals surface area (Å²) in [5, 5.41) is 4.25. The zero-order valence-corrected chi connectivity index (χ0v) is 14.5. The number of benzene rings is 1. The maximum atomic E-state index is 5.27. The Labute approximate surface area is 149 Å². The molecule has 1 aromatic carbocycles. The lowest BCUT2D eigenvalue weighted by atomic mass is 10.2. The summed E-state index contributed by atoms with van der Waals surface area (Å²) in [6.45, 7) is 0.696. The van der Waals surface area contributed by atoms with Gasteiger partial charge in [0, 0.05) is 30.7 Å². The van der Waals surface area contributed by atoms with E-state index in [9.17, 15) is 0 Å². The first kappa shape index (κ1) is 15.5. The number of nitrogens with zero attached hydrogens (tertiary/aromatic N) is 3. The van der Waals surface area contributed by atoms with E-state index < -0.39 is 0 Å². The minimum atomic E-state index is 0.696. The molecule has 0 amide bonds. The van der Waals surface area contributed by atoms with Gasteiger partial charge in [-0.3, -0.25) is 4.98 Å². The molecule has 6 heteroatoms. The largest absolute Gasteiger partial charge is 0.497 e. The number of fused-ring (bicyclic) bond motifs is 1. The van der Waals surface area contributed by atoms with Crippen LogP contribution in [0.5, 0.6) is 5.75 Å². The second-order valence-corrected chi connectivity index (χ2v) is 6.53. The lowest BCUT2D eigenvalue weighted by molar-refractivity contribution is 0.415. The molecule has 0 atom stereocenters. The van der Waals surface area contributed by atoms with Crippen molar-refractivity contribution in [2.45, 2.75) is 6.54 Å². The number of ether oxygens (including phenoxy) is 1. The summed E-state index contributed by atoms with van der Waals surface area (Å²) in [5.41, 5.74) is 3.10. The van der Waals surface area contributed by atoms with Crippen LogP contribution >= 0.6 is 11.3 Å². The van der Waals surface area contributed by atoms with Crippen LogP contribution in [0, 0.1) is 0 Å². The molecule has 3 aromatic heterocycles. The normalized spacial score (nSPS) is 10.8. The molecule has 25 heavy (non-hydrogen) atoms. The van der Waals surface area contributed by atoms with Crippen molar-refractivity contribution in [3.05, 3.63) is 66.6 Å². The summed E-state index contributed by atoms with van der Waals surface area (Å²) in [6, 6.07) is 13.9. The van der Waals surface area contributed by atoms with Crippen molar-refractivity contribution >= 4 is 27.4 Å². The Morgan fingerprint density at radius 2 is 2.08 bits per heavy atom. The molecule has 0 saturated carbocycles. The minimum Gasteiger partial charge on any atom is -0.497 e. The number of pyridine rings is 2. The van der Waals surface area contributed by atoms with Crippen molar-refractivity contribution in [3.63, 3.8) is 0 Å². The fraction of sp³-hybridized carbons (Fsp3) is 0.105. The van der Waals surface area contributed by atoms with Crippen molar-refractivity contribution in [1.82, 2.24) is 15.0 Å². The number of aromatic nitrogens is 3. The molecule has 0 radical (unpaired) electrons. The van der Waals surface area contributed by atoms with Crippen molar-refractivity contribution in [3.8, 4) is 16.3 Å². The summed E-state index contributed by atoms with van der Waals surface area (Å²) in [6.07, 6.45) is 5.46. The molecule has 4 aromatic rings. The van der Waals surface area contributed by atoms with Crippen molar-refractivity contribution in [1.29, 1.82) is 0 Å². The lowest BCUT2D eigenvalue weighted by Crippen LogP contribution is -2.01. The monoisotopic (exact) mass is 348 g/mol. The molecule has 0 unspecified atom stereocenters. The average molecular weight is 348 g/mol. The van der Waals surface area contributed by atoms with Gasteiger partial charge in [-0.25, -0.2) is 9.97 Å². The summed E-state index contributed by atoms with van der Waals surface area (Å²) >= 11 is 1.64. The van der Waals surface area contributed by atoms with Gasteiger partial charge in [0.1, 0.15) is 16.6 Å². The molecule has 1 N–H and O–H groups in total. The van der Waals surface area contributed by atoms with E-state index in [1.807, 2.05) is 54.9 Å².